The molecule has 1 aromatic rings. The van der Waals surface area contributed by atoms with Gasteiger partial charge in [0.2, 0.25) is 0 Å². The van der Waals surface area contributed by atoms with Crippen molar-refractivity contribution in [2.75, 3.05) is 0 Å². The minimum Gasteiger partial charge on any atom is -0.477 e. The quantitative estimate of drug-likeness (QED) is 0.768. The molecule has 90 valence electrons. The average molecular weight is 242 g/mol. The second-order valence-corrected chi connectivity index (χ2v) is 2.53. The topological polar surface area (TPSA) is 37.3 Å². The molecule has 0 aliphatic carbocycles. The summed E-state index contributed by atoms with van der Waals surface area (Å²) in [5.41, 5.74) is 0. The molecule has 0 radical (unpaired) electrons. The van der Waals surface area contributed by atoms with Crippen molar-refractivity contribution in [3.05, 3.63) is 36.4 Å². The number of hydrogen-bond donors (Lipinski definition) is 1. The van der Waals surface area contributed by atoms with Gasteiger partial charge in [-0.3, -0.25) is 0 Å². The molecule has 0 saturated carbocycles. The maximum atomic E-state index is 11.3. The highest BCUT2D eigenvalue weighted by molar-refractivity contribution is 5.76. The SMILES string of the molecule is O=C(O)C(F)(F)C(F)(F)F.c1ccccc1. The van der Waals surface area contributed by atoms with E-state index in [4.69, 9.17) is 5.11 Å². The minimum absolute atomic E-state index is 2.00. The number of carboxylic acids is 1. The number of halogens is 5. The van der Waals surface area contributed by atoms with Crippen molar-refractivity contribution in [2.45, 2.75) is 12.1 Å². The van der Waals surface area contributed by atoms with E-state index in [9.17, 15) is 26.7 Å². The number of aliphatic carboxylic acids is 1. The van der Waals surface area contributed by atoms with E-state index in [2.05, 4.69) is 0 Å². The van der Waals surface area contributed by atoms with E-state index in [1.54, 1.807) is 0 Å². The Morgan fingerprint density at radius 2 is 1.06 bits per heavy atom. The first-order chi connectivity index (χ1) is 7.19. The van der Waals surface area contributed by atoms with Crippen LogP contribution in [-0.4, -0.2) is 23.2 Å². The Balaban J connectivity index is 0.000000315. The highest BCUT2D eigenvalue weighted by Gasteiger charge is 2.64. The van der Waals surface area contributed by atoms with Crippen LogP contribution >= 0.6 is 0 Å². The first-order valence-electron chi connectivity index (χ1n) is 3.87. The molecule has 0 bridgehead atoms. The lowest BCUT2D eigenvalue weighted by Gasteiger charge is -2.13. The molecule has 2 nitrogen and oxygen atoms in total. The third kappa shape index (κ3) is 4.24. The Morgan fingerprint density at radius 1 is 0.812 bits per heavy atom. The molecule has 0 aliphatic rings. The summed E-state index contributed by atoms with van der Waals surface area (Å²) in [6.45, 7) is 0. The van der Waals surface area contributed by atoms with Crippen molar-refractivity contribution in [3.8, 4) is 0 Å². The largest absolute Gasteiger partial charge is 0.477 e. The summed E-state index contributed by atoms with van der Waals surface area (Å²) in [7, 11) is 0. The maximum Gasteiger partial charge on any atom is 0.465 e. The van der Waals surface area contributed by atoms with Gasteiger partial charge in [-0.15, -0.1) is 0 Å². The van der Waals surface area contributed by atoms with E-state index in [0.717, 1.165) is 0 Å². The lowest BCUT2D eigenvalue weighted by Crippen LogP contribution is -2.43. The molecular formula is C9H7F5O2. The summed E-state index contributed by atoms with van der Waals surface area (Å²) < 4.78 is 55.5. The summed E-state index contributed by atoms with van der Waals surface area (Å²) >= 11 is 0. The summed E-state index contributed by atoms with van der Waals surface area (Å²) in [6, 6.07) is 12.0. The molecule has 0 aliphatic heterocycles. The van der Waals surface area contributed by atoms with Gasteiger partial charge in [-0.1, -0.05) is 36.4 Å². The average Bonchev–Trinajstić information content (AvgIpc) is 2.19. The zero-order chi connectivity index (χ0) is 12.8. The third-order valence-corrected chi connectivity index (χ3v) is 1.29. The molecule has 0 saturated heterocycles. The molecule has 7 heteroatoms. The van der Waals surface area contributed by atoms with Gasteiger partial charge in [-0.25, -0.2) is 4.79 Å². The monoisotopic (exact) mass is 242 g/mol. The van der Waals surface area contributed by atoms with E-state index >= 15 is 0 Å². The Labute approximate surface area is 87.3 Å². The Kier molecular flexibility index (Phi) is 4.87. The molecule has 0 fully saturated rings. The van der Waals surface area contributed by atoms with Gasteiger partial charge in [0.1, 0.15) is 0 Å². The highest BCUT2D eigenvalue weighted by atomic mass is 19.4. The van der Waals surface area contributed by atoms with Crippen LogP contribution < -0.4 is 0 Å². The summed E-state index contributed by atoms with van der Waals surface area (Å²) in [4.78, 5) is 9.20. The lowest BCUT2D eigenvalue weighted by molar-refractivity contribution is -0.277. The van der Waals surface area contributed by atoms with Crippen molar-refractivity contribution in [1.82, 2.24) is 0 Å². The zero-order valence-electron chi connectivity index (χ0n) is 7.71. The molecular weight excluding hydrogens is 235 g/mol. The van der Waals surface area contributed by atoms with Crippen LogP contribution in [0.25, 0.3) is 0 Å². The number of rotatable bonds is 1. The summed E-state index contributed by atoms with van der Waals surface area (Å²) in [5, 5.41) is 7.31. The highest BCUT2D eigenvalue weighted by Crippen LogP contribution is 2.35. The number of hydrogen-bond acceptors (Lipinski definition) is 1. The van der Waals surface area contributed by atoms with E-state index in [-0.39, 0.29) is 0 Å². The summed E-state index contributed by atoms with van der Waals surface area (Å²) in [5.74, 6) is -8.84. The third-order valence-electron chi connectivity index (χ3n) is 1.29. The first-order valence-corrected chi connectivity index (χ1v) is 3.87. The molecule has 0 heterocycles. The van der Waals surface area contributed by atoms with Crippen molar-refractivity contribution in [1.29, 1.82) is 0 Å². The fraction of sp³-hybridized carbons (Fsp3) is 0.222. The van der Waals surface area contributed by atoms with Crippen LogP contribution in [-0.2, 0) is 4.79 Å². The number of carbonyl (C=O) groups is 1. The van der Waals surface area contributed by atoms with Crippen LogP contribution in [0, 0.1) is 0 Å². The maximum absolute atomic E-state index is 11.3. The van der Waals surface area contributed by atoms with Crippen molar-refractivity contribution in [2.24, 2.45) is 0 Å². The van der Waals surface area contributed by atoms with Crippen molar-refractivity contribution >= 4 is 5.97 Å². The van der Waals surface area contributed by atoms with Gasteiger partial charge in [0, 0.05) is 0 Å². The van der Waals surface area contributed by atoms with E-state index in [0.29, 0.717) is 0 Å². The first kappa shape index (κ1) is 14.3. The fourth-order valence-electron chi connectivity index (χ4n) is 0.506. The van der Waals surface area contributed by atoms with Gasteiger partial charge in [0.15, 0.2) is 0 Å². The van der Waals surface area contributed by atoms with Crippen LogP contribution in [0.1, 0.15) is 0 Å². The van der Waals surface area contributed by atoms with E-state index < -0.39 is 18.1 Å². The molecule has 16 heavy (non-hydrogen) atoms. The Bertz CT molecular complexity index is 294. The van der Waals surface area contributed by atoms with Gasteiger partial charge < -0.3 is 5.11 Å². The van der Waals surface area contributed by atoms with Gasteiger partial charge in [-0.05, 0) is 0 Å². The van der Waals surface area contributed by atoms with Crippen LogP contribution in [0.5, 0.6) is 0 Å². The van der Waals surface area contributed by atoms with Gasteiger partial charge in [-0.2, -0.15) is 22.0 Å². The predicted molar refractivity (Wildman–Crippen MR) is 45.1 cm³/mol. The van der Waals surface area contributed by atoms with Crippen LogP contribution in [0.4, 0.5) is 22.0 Å². The predicted octanol–water partition coefficient (Wildman–Crippen LogP) is 2.96. The molecule has 0 spiro atoms. The molecule has 0 aromatic heterocycles. The lowest BCUT2D eigenvalue weighted by atomic mass is 10.3. The zero-order valence-corrected chi connectivity index (χ0v) is 7.71. The van der Waals surface area contributed by atoms with Gasteiger partial charge in [0.05, 0.1) is 0 Å². The molecule has 1 rings (SSSR count). The molecule has 1 aromatic carbocycles. The second-order valence-electron chi connectivity index (χ2n) is 2.53. The number of alkyl halides is 5. The van der Waals surface area contributed by atoms with Gasteiger partial charge in [0.25, 0.3) is 0 Å². The van der Waals surface area contributed by atoms with E-state index in [1.807, 2.05) is 36.4 Å². The second kappa shape index (κ2) is 5.43. The molecule has 0 atom stereocenters. The molecule has 1 N–H and O–H groups in total. The van der Waals surface area contributed by atoms with Crippen LogP contribution in [0.3, 0.4) is 0 Å². The van der Waals surface area contributed by atoms with Crippen molar-refractivity contribution in [3.63, 3.8) is 0 Å². The molecule has 0 unspecified atom stereocenters. The summed E-state index contributed by atoms with van der Waals surface area (Å²) in [6.07, 6.45) is -6.02. The molecule has 0 amide bonds. The van der Waals surface area contributed by atoms with Gasteiger partial charge >= 0.3 is 18.1 Å². The Hall–Kier alpha value is -1.66. The smallest absolute Gasteiger partial charge is 0.465 e. The number of benzene rings is 1. The number of carboxylic acid groups (broad SMARTS) is 1. The fourth-order valence-corrected chi connectivity index (χ4v) is 0.506. The normalized spacial score (nSPS) is 11.3. The Morgan fingerprint density at radius 3 is 1.12 bits per heavy atom. The minimum atomic E-state index is -6.02. The van der Waals surface area contributed by atoms with Crippen molar-refractivity contribution < 1.29 is 31.9 Å². The van der Waals surface area contributed by atoms with Crippen LogP contribution in [0.2, 0.25) is 0 Å². The van der Waals surface area contributed by atoms with E-state index in [1.165, 1.54) is 0 Å². The standard InChI is InChI=1S/C6H6.C3HF5O2/c1-2-4-6-5-3-1;4-2(5,1(9)10)3(6,7)8/h1-6H;(H,9,10). The van der Waals surface area contributed by atoms with Crippen LogP contribution in [0.15, 0.2) is 36.4 Å².